The number of rotatable bonds is 3. The summed E-state index contributed by atoms with van der Waals surface area (Å²) in [6.45, 7) is 0. The van der Waals surface area contributed by atoms with Crippen LogP contribution in [0.4, 0.5) is 0 Å². The zero-order valence-corrected chi connectivity index (χ0v) is 19.9. The first-order valence-electron chi connectivity index (χ1n) is 15.2. The smallest absolute Gasteiger partial charge is 0.0713 e. The van der Waals surface area contributed by atoms with Gasteiger partial charge in [-0.25, -0.2) is 0 Å². The second kappa shape index (κ2) is 8.22. The molecule has 170 valence electrons. The molecule has 0 N–H and O–H groups in total. The van der Waals surface area contributed by atoms with Crippen molar-refractivity contribution in [2.24, 2.45) is 0 Å². The van der Waals surface area contributed by atoms with Gasteiger partial charge in [0.2, 0.25) is 0 Å². The van der Waals surface area contributed by atoms with Crippen molar-refractivity contribution in [2.45, 2.75) is 5.41 Å². The quantitative estimate of drug-likeness (QED) is 0.233. The molecule has 0 radical (unpaired) electrons. The molecule has 0 saturated carbocycles. The summed E-state index contributed by atoms with van der Waals surface area (Å²) in [6, 6.07) is 29.3. The summed E-state index contributed by atoms with van der Waals surface area (Å²) in [4.78, 5) is 0. The van der Waals surface area contributed by atoms with Crippen molar-refractivity contribution in [1.29, 1.82) is 0 Å². The molecule has 0 saturated heterocycles. The molecular weight excluding hydrogens is 456 g/mol. The molecule has 1 aliphatic carbocycles. The first kappa shape index (κ1) is 15.1. The molecule has 0 atom stereocenters. The number of hydrogen-bond acceptors (Lipinski definition) is 0. The van der Waals surface area contributed by atoms with Crippen molar-refractivity contribution in [3.8, 4) is 22.3 Å². The van der Waals surface area contributed by atoms with Gasteiger partial charge in [0, 0.05) is 5.02 Å². The maximum atomic E-state index is 8.92. The van der Waals surface area contributed by atoms with Gasteiger partial charge in [0.05, 0.1) is 15.0 Å². The van der Waals surface area contributed by atoms with E-state index in [4.69, 9.17) is 21.2 Å². The lowest BCUT2D eigenvalue weighted by atomic mass is 9.67. The highest BCUT2D eigenvalue weighted by molar-refractivity contribution is 6.30. The zero-order valence-electron chi connectivity index (χ0n) is 26.1. The summed E-state index contributed by atoms with van der Waals surface area (Å²) in [5.74, 6) is 0. The molecule has 0 heterocycles. The van der Waals surface area contributed by atoms with Crippen LogP contribution in [0.1, 0.15) is 31.8 Å². The molecule has 0 aliphatic heterocycles. The number of fused-ring (bicyclic) bond motifs is 4. The summed E-state index contributed by atoms with van der Waals surface area (Å²) < 4.78 is 59.8. The highest BCUT2D eigenvalue weighted by atomic mass is 35.5. The predicted molar refractivity (Wildman–Crippen MR) is 152 cm³/mol. The van der Waals surface area contributed by atoms with Crippen LogP contribution in [0.25, 0.3) is 33.0 Å². The van der Waals surface area contributed by atoms with Crippen molar-refractivity contribution in [3.05, 3.63) is 167 Å². The summed E-state index contributed by atoms with van der Waals surface area (Å²) in [5, 5.41) is 0.628. The first-order chi connectivity index (χ1) is 20.7. The van der Waals surface area contributed by atoms with E-state index >= 15 is 0 Å². The van der Waals surface area contributed by atoms with E-state index < -0.39 is 17.5 Å². The summed E-state index contributed by atoms with van der Waals surface area (Å²) in [6.07, 6.45) is 0. The SMILES string of the molecule is [2H]c1c([2H])c([2H])c2c(-c3cccc(C4(c5ccc(Cl)cc5)c5ccccc5-c5ccccc54)c3)c([2H])c([2H])c([2H])c2c1[2H]. The molecule has 0 aromatic heterocycles. The van der Waals surface area contributed by atoms with E-state index in [2.05, 4.69) is 24.3 Å². The molecular formula is C35H23Cl. The second-order valence-electron chi connectivity index (χ2n) is 8.93. The maximum Gasteiger partial charge on any atom is 0.0713 e. The van der Waals surface area contributed by atoms with Crippen LogP contribution in [0.3, 0.4) is 0 Å². The minimum absolute atomic E-state index is 0.0589. The highest BCUT2D eigenvalue weighted by Crippen LogP contribution is 2.56. The lowest BCUT2D eigenvalue weighted by Gasteiger charge is -2.34. The van der Waals surface area contributed by atoms with Gasteiger partial charge in [0.25, 0.3) is 0 Å². The van der Waals surface area contributed by atoms with Gasteiger partial charge in [0.15, 0.2) is 0 Å². The van der Waals surface area contributed by atoms with Crippen molar-refractivity contribution in [3.63, 3.8) is 0 Å². The van der Waals surface area contributed by atoms with Crippen molar-refractivity contribution in [2.75, 3.05) is 0 Å². The van der Waals surface area contributed by atoms with Crippen LogP contribution in [-0.4, -0.2) is 0 Å². The molecule has 1 aliphatic rings. The Hall–Kier alpha value is -4.13. The zero-order chi connectivity index (χ0) is 30.2. The predicted octanol–water partition coefficient (Wildman–Crippen LogP) is 9.52. The van der Waals surface area contributed by atoms with E-state index in [1.807, 2.05) is 66.7 Å². The average Bonchev–Trinajstić information content (AvgIpc) is 3.33. The normalized spacial score (nSPS) is 16.1. The Kier molecular flexibility index (Phi) is 3.45. The topological polar surface area (TPSA) is 0 Å². The van der Waals surface area contributed by atoms with Crippen LogP contribution >= 0.6 is 11.6 Å². The fourth-order valence-electron chi connectivity index (χ4n) is 5.66. The molecule has 0 spiro atoms. The third-order valence-electron chi connectivity index (χ3n) is 7.13. The molecule has 1 heteroatoms. The van der Waals surface area contributed by atoms with Crippen LogP contribution in [0.2, 0.25) is 5.02 Å². The molecule has 6 aromatic rings. The lowest BCUT2D eigenvalue weighted by molar-refractivity contribution is 0.769. The standard InChI is InChI=1S/C35H23Cl/c36-28-21-19-26(20-22-28)35(33-17-5-3-14-31(33)32-15-4-6-18-34(32)35)27-12-7-11-25(23-27)30-16-8-10-24-9-1-2-13-29(24)30/h1-23H/i1D,2D,8D,9D,10D,13D,16D. The fourth-order valence-corrected chi connectivity index (χ4v) is 5.79. The number of benzene rings is 6. The van der Waals surface area contributed by atoms with Gasteiger partial charge < -0.3 is 0 Å². The summed E-state index contributed by atoms with van der Waals surface area (Å²) >= 11 is 6.35. The van der Waals surface area contributed by atoms with Crippen molar-refractivity contribution in [1.82, 2.24) is 0 Å². The molecule has 0 nitrogen and oxygen atoms in total. The number of hydrogen-bond donors (Lipinski definition) is 0. The largest absolute Gasteiger partial charge is 0.0843 e. The molecule has 7 rings (SSSR count). The Bertz CT molecular complexity index is 2070. The fraction of sp³-hybridized carbons (Fsp3) is 0.0286. The van der Waals surface area contributed by atoms with Crippen LogP contribution in [0.15, 0.2) is 139 Å². The Morgan fingerprint density at radius 3 is 1.97 bits per heavy atom. The molecule has 0 bridgehead atoms. The van der Waals surface area contributed by atoms with Crippen LogP contribution in [-0.2, 0) is 5.41 Å². The van der Waals surface area contributed by atoms with Crippen LogP contribution in [0.5, 0.6) is 0 Å². The van der Waals surface area contributed by atoms with E-state index in [9.17, 15) is 0 Å². The van der Waals surface area contributed by atoms with Gasteiger partial charge in [-0.05, 0) is 73.5 Å². The van der Waals surface area contributed by atoms with Crippen molar-refractivity contribution >= 4 is 22.4 Å². The van der Waals surface area contributed by atoms with E-state index in [0.717, 1.165) is 33.4 Å². The molecule has 0 fully saturated rings. The van der Waals surface area contributed by atoms with E-state index in [0.29, 0.717) is 10.6 Å². The molecule has 36 heavy (non-hydrogen) atoms. The molecule has 0 unspecified atom stereocenters. The van der Waals surface area contributed by atoms with E-state index in [1.54, 1.807) is 6.07 Å². The second-order valence-corrected chi connectivity index (χ2v) is 9.37. The third-order valence-corrected chi connectivity index (χ3v) is 7.38. The minimum atomic E-state index is -0.760. The monoisotopic (exact) mass is 485 g/mol. The Labute approximate surface area is 226 Å². The minimum Gasteiger partial charge on any atom is -0.0843 e. The van der Waals surface area contributed by atoms with E-state index in [1.165, 1.54) is 0 Å². The Morgan fingerprint density at radius 1 is 0.556 bits per heavy atom. The van der Waals surface area contributed by atoms with Crippen LogP contribution in [0, 0.1) is 0 Å². The first-order valence-corrected chi connectivity index (χ1v) is 12.1. The third kappa shape index (κ3) is 3.02. The van der Waals surface area contributed by atoms with Gasteiger partial charge in [0.1, 0.15) is 0 Å². The highest BCUT2D eigenvalue weighted by Gasteiger charge is 2.45. The average molecular weight is 486 g/mol. The Balaban J connectivity index is 1.61. The van der Waals surface area contributed by atoms with E-state index in [-0.39, 0.29) is 46.5 Å². The van der Waals surface area contributed by atoms with Crippen molar-refractivity contribution < 1.29 is 9.60 Å². The Morgan fingerprint density at radius 2 is 1.22 bits per heavy atom. The van der Waals surface area contributed by atoms with Crippen LogP contribution < -0.4 is 0 Å². The maximum absolute atomic E-state index is 8.92. The van der Waals surface area contributed by atoms with Gasteiger partial charge >= 0.3 is 0 Å². The summed E-state index contributed by atoms with van der Waals surface area (Å²) in [7, 11) is 0. The summed E-state index contributed by atoms with van der Waals surface area (Å²) in [5.41, 5.74) is 6.22. The number of halogens is 1. The van der Waals surface area contributed by atoms with Gasteiger partial charge in [-0.3, -0.25) is 0 Å². The molecule has 0 amide bonds. The van der Waals surface area contributed by atoms with Gasteiger partial charge in [-0.1, -0.05) is 133 Å². The molecule has 6 aromatic carbocycles. The van der Waals surface area contributed by atoms with Gasteiger partial charge in [-0.2, -0.15) is 0 Å². The lowest BCUT2D eigenvalue weighted by Crippen LogP contribution is -2.28. The van der Waals surface area contributed by atoms with Gasteiger partial charge in [-0.15, -0.1) is 0 Å².